The van der Waals surface area contributed by atoms with Gasteiger partial charge in [-0.1, -0.05) is 12.1 Å². The van der Waals surface area contributed by atoms with E-state index in [1.807, 2.05) is 45.9 Å². The number of hydrogen-bond acceptors (Lipinski definition) is 4. The Hall–Kier alpha value is -2.34. The zero-order chi connectivity index (χ0) is 17.7. The van der Waals surface area contributed by atoms with E-state index < -0.39 is 6.10 Å². The molecule has 2 aromatic rings. The molecular weight excluding hydrogens is 306 g/mol. The van der Waals surface area contributed by atoms with Crippen LogP contribution in [0.1, 0.15) is 48.6 Å². The standard InChI is InChI=1S/C18H25N3O3/c1-5-21-16(9-13(4)20-21)18(23)19-11-17(22)14-7-6-8-15(10-14)24-12(2)3/h6-10,12,17,22H,5,11H2,1-4H3,(H,19,23). The summed E-state index contributed by atoms with van der Waals surface area (Å²) >= 11 is 0. The first-order valence-corrected chi connectivity index (χ1v) is 8.18. The third kappa shape index (κ3) is 4.58. The van der Waals surface area contributed by atoms with Crippen LogP contribution in [0.15, 0.2) is 30.3 Å². The van der Waals surface area contributed by atoms with Crippen LogP contribution in [-0.4, -0.2) is 33.4 Å². The van der Waals surface area contributed by atoms with E-state index in [-0.39, 0.29) is 18.6 Å². The van der Waals surface area contributed by atoms with Crippen LogP contribution in [0.25, 0.3) is 0 Å². The maximum atomic E-state index is 12.3. The van der Waals surface area contributed by atoms with E-state index in [0.717, 1.165) is 5.69 Å². The molecule has 0 saturated heterocycles. The highest BCUT2D eigenvalue weighted by Crippen LogP contribution is 2.20. The van der Waals surface area contributed by atoms with E-state index >= 15 is 0 Å². The predicted molar refractivity (Wildman–Crippen MR) is 92.1 cm³/mol. The predicted octanol–water partition coefficient (Wildman–Crippen LogP) is 2.46. The molecule has 1 atom stereocenters. The van der Waals surface area contributed by atoms with E-state index in [2.05, 4.69) is 10.4 Å². The molecule has 0 aliphatic heterocycles. The van der Waals surface area contributed by atoms with Crippen LogP contribution in [0.3, 0.4) is 0 Å². The molecule has 0 fully saturated rings. The van der Waals surface area contributed by atoms with Crippen LogP contribution in [-0.2, 0) is 6.54 Å². The number of benzene rings is 1. The van der Waals surface area contributed by atoms with Crippen molar-refractivity contribution in [3.8, 4) is 5.75 Å². The molecule has 0 aliphatic rings. The molecule has 0 bridgehead atoms. The zero-order valence-corrected chi connectivity index (χ0v) is 14.6. The molecule has 130 valence electrons. The molecule has 1 aromatic heterocycles. The highest BCUT2D eigenvalue weighted by Gasteiger charge is 2.15. The number of aliphatic hydroxyl groups is 1. The minimum absolute atomic E-state index is 0.0645. The molecule has 2 N–H and O–H groups in total. The van der Waals surface area contributed by atoms with Crippen LogP contribution in [0.5, 0.6) is 5.75 Å². The monoisotopic (exact) mass is 331 g/mol. The van der Waals surface area contributed by atoms with Gasteiger partial charge >= 0.3 is 0 Å². The molecule has 6 heteroatoms. The summed E-state index contributed by atoms with van der Waals surface area (Å²) in [4.78, 5) is 12.3. The van der Waals surface area contributed by atoms with E-state index in [1.54, 1.807) is 16.8 Å². The second kappa shape index (κ2) is 7.97. The number of hydrogen-bond donors (Lipinski definition) is 2. The van der Waals surface area contributed by atoms with Crippen molar-refractivity contribution < 1.29 is 14.6 Å². The van der Waals surface area contributed by atoms with Gasteiger partial charge in [-0.3, -0.25) is 9.48 Å². The summed E-state index contributed by atoms with van der Waals surface area (Å²) in [6.07, 6.45) is -0.738. The summed E-state index contributed by atoms with van der Waals surface area (Å²) in [5, 5.41) is 17.3. The SMILES string of the molecule is CCn1nc(C)cc1C(=O)NCC(O)c1cccc(OC(C)C)c1. The number of nitrogens with zero attached hydrogens (tertiary/aromatic N) is 2. The van der Waals surface area contributed by atoms with Crippen molar-refractivity contribution in [2.24, 2.45) is 0 Å². The van der Waals surface area contributed by atoms with Gasteiger partial charge in [0.05, 0.1) is 17.9 Å². The Kier molecular flexibility index (Phi) is 5.98. The Bertz CT molecular complexity index is 695. The lowest BCUT2D eigenvalue weighted by Crippen LogP contribution is -2.30. The number of carbonyl (C=O) groups excluding carboxylic acids is 1. The molecule has 1 amide bonds. The Morgan fingerprint density at radius 1 is 1.38 bits per heavy atom. The third-order valence-corrected chi connectivity index (χ3v) is 3.50. The maximum Gasteiger partial charge on any atom is 0.269 e. The number of ether oxygens (including phenoxy) is 1. The van der Waals surface area contributed by atoms with Gasteiger partial charge in [0.25, 0.3) is 5.91 Å². The molecule has 0 saturated carbocycles. The van der Waals surface area contributed by atoms with Gasteiger partial charge in [-0.25, -0.2) is 0 Å². The summed E-state index contributed by atoms with van der Waals surface area (Å²) in [7, 11) is 0. The van der Waals surface area contributed by atoms with Gasteiger partial charge in [-0.05, 0) is 51.5 Å². The van der Waals surface area contributed by atoms with Gasteiger partial charge in [0.2, 0.25) is 0 Å². The maximum absolute atomic E-state index is 12.3. The molecule has 24 heavy (non-hydrogen) atoms. The van der Waals surface area contributed by atoms with Gasteiger partial charge in [0.1, 0.15) is 11.4 Å². The minimum Gasteiger partial charge on any atom is -0.491 e. The average Bonchev–Trinajstić information content (AvgIpc) is 2.93. The van der Waals surface area contributed by atoms with Crippen molar-refractivity contribution in [2.45, 2.75) is 46.4 Å². The number of aryl methyl sites for hydroxylation is 2. The molecule has 1 aromatic carbocycles. The van der Waals surface area contributed by atoms with Crippen molar-refractivity contribution in [2.75, 3.05) is 6.54 Å². The Morgan fingerprint density at radius 3 is 2.79 bits per heavy atom. The van der Waals surface area contributed by atoms with Crippen LogP contribution in [0, 0.1) is 6.92 Å². The lowest BCUT2D eigenvalue weighted by atomic mass is 10.1. The van der Waals surface area contributed by atoms with Crippen molar-refractivity contribution in [3.63, 3.8) is 0 Å². The van der Waals surface area contributed by atoms with Gasteiger partial charge in [0, 0.05) is 13.1 Å². The number of aromatic nitrogens is 2. The van der Waals surface area contributed by atoms with E-state index in [4.69, 9.17) is 4.74 Å². The second-order valence-corrected chi connectivity index (χ2v) is 5.95. The molecule has 0 spiro atoms. The Labute approximate surface area is 142 Å². The van der Waals surface area contributed by atoms with Gasteiger partial charge in [-0.15, -0.1) is 0 Å². The first-order chi connectivity index (χ1) is 11.4. The molecule has 6 nitrogen and oxygen atoms in total. The van der Waals surface area contributed by atoms with Gasteiger partial charge in [-0.2, -0.15) is 5.10 Å². The lowest BCUT2D eigenvalue weighted by molar-refractivity contribution is 0.0905. The Balaban J connectivity index is 1.99. The number of rotatable bonds is 7. The summed E-state index contributed by atoms with van der Waals surface area (Å²) in [5.74, 6) is 0.457. The molecular formula is C18H25N3O3. The molecule has 0 aliphatic carbocycles. The van der Waals surface area contributed by atoms with Crippen LogP contribution in [0.4, 0.5) is 0 Å². The normalized spacial score (nSPS) is 12.2. The van der Waals surface area contributed by atoms with Crippen LogP contribution >= 0.6 is 0 Å². The smallest absolute Gasteiger partial charge is 0.269 e. The quantitative estimate of drug-likeness (QED) is 0.817. The largest absolute Gasteiger partial charge is 0.491 e. The van der Waals surface area contributed by atoms with Crippen molar-refractivity contribution in [1.29, 1.82) is 0 Å². The fourth-order valence-electron chi connectivity index (χ4n) is 2.43. The van der Waals surface area contributed by atoms with E-state index in [0.29, 0.717) is 23.6 Å². The average molecular weight is 331 g/mol. The van der Waals surface area contributed by atoms with Crippen molar-refractivity contribution in [1.82, 2.24) is 15.1 Å². The van der Waals surface area contributed by atoms with Crippen molar-refractivity contribution in [3.05, 3.63) is 47.3 Å². The van der Waals surface area contributed by atoms with Crippen molar-refractivity contribution >= 4 is 5.91 Å². The summed E-state index contributed by atoms with van der Waals surface area (Å²) < 4.78 is 7.27. The highest BCUT2D eigenvalue weighted by atomic mass is 16.5. The summed E-state index contributed by atoms with van der Waals surface area (Å²) in [6.45, 7) is 8.41. The first kappa shape index (κ1) is 18.0. The third-order valence-electron chi connectivity index (χ3n) is 3.50. The molecule has 0 radical (unpaired) electrons. The van der Waals surface area contributed by atoms with Crippen LogP contribution < -0.4 is 10.1 Å². The van der Waals surface area contributed by atoms with Crippen LogP contribution in [0.2, 0.25) is 0 Å². The minimum atomic E-state index is -0.802. The number of nitrogens with one attached hydrogen (secondary N) is 1. The zero-order valence-electron chi connectivity index (χ0n) is 14.6. The van der Waals surface area contributed by atoms with Gasteiger partial charge in [0.15, 0.2) is 0 Å². The summed E-state index contributed by atoms with van der Waals surface area (Å²) in [5.41, 5.74) is 1.99. The number of carbonyl (C=O) groups is 1. The molecule has 2 rings (SSSR count). The number of amides is 1. The summed E-state index contributed by atoms with van der Waals surface area (Å²) in [6, 6.07) is 9.01. The molecule has 1 heterocycles. The fraction of sp³-hybridized carbons (Fsp3) is 0.444. The Morgan fingerprint density at radius 2 is 2.12 bits per heavy atom. The highest BCUT2D eigenvalue weighted by molar-refractivity contribution is 5.92. The molecule has 1 unspecified atom stereocenters. The van der Waals surface area contributed by atoms with E-state index in [9.17, 15) is 9.90 Å². The number of aliphatic hydroxyl groups excluding tert-OH is 1. The first-order valence-electron chi connectivity index (χ1n) is 8.18. The van der Waals surface area contributed by atoms with E-state index in [1.165, 1.54) is 0 Å². The van der Waals surface area contributed by atoms with Gasteiger partial charge < -0.3 is 15.2 Å². The second-order valence-electron chi connectivity index (χ2n) is 5.95. The lowest BCUT2D eigenvalue weighted by Gasteiger charge is -2.15. The topological polar surface area (TPSA) is 76.4 Å². The fourth-order valence-corrected chi connectivity index (χ4v) is 2.43.